The van der Waals surface area contributed by atoms with Crippen LogP contribution in [0.1, 0.15) is 15.9 Å². The Bertz CT molecular complexity index is 1210. The average molecular weight is 413 g/mol. The smallest absolute Gasteiger partial charge is 0.254 e. The summed E-state index contributed by atoms with van der Waals surface area (Å²) in [7, 11) is 3.21. The molecule has 0 saturated heterocycles. The van der Waals surface area contributed by atoms with Gasteiger partial charge in [0.1, 0.15) is 5.69 Å². The number of ether oxygens (including phenoxy) is 2. The van der Waals surface area contributed by atoms with E-state index in [1.54, 1.807) is 14.2 Å². The van der Waals surface area contributed by atoms with E-state index in [0.717, 1.165) is 16.5 Å². The number of hydrogen-bond donors (Lipinski definition) is 1. The number of rotatable bonds is 7. The second-order valence-corrected chi connectivity index (χ2v) is 7.00. The molecule has 1 heterocycles. The summed E-state index contributed by atoms with van der Waals surface area (Å²) in [6.07, 6.45) is 0.656. The van der Waals surface area contributed by atoms with Crippen molar-refractivity contribution in [1.29, 1.82) is 0 Å². The molecule has 1 aromatic heterocycles. The van der Waals surface area contributed by atoms with Crippen molar-refractivity contribution >= 4 is 16.8 Å². The molecule has 6 heteroatoms. The van der Waals surface area contributed by atoms with E-state index in [0.29, 0.717) is 41.2 Å². The molecule has 3 aromatic carbocycles. The molecule has 0 aliphatic carbocycles. The third-order valence-corrected chi connectivity index (χ3v) is 5.09. The Hall–Kier alpha value is -3.93. The summed E-state index contributed by atoms with van der Waals surface area (Å²) in [5, 5.41) is 12.5. The second-order valence-electron chi connectivity index (χ2n) is 7.00. The number of carbonyl (C=O) groups is 1. The highest BCUT2D eigenvalue weighted by Crippen LogP contribution is 2.28. The van der Waals surface area contributed by atoms with Crippen molar-refractivity contribution in [3.05, 3.63) is 83.9 Å². The van der Waals surface area contributed by atoms with E-state index in [-0.39, 0.29) is 5.91 Å². The van der Waals surface area contributed by atoms with Crippen molar-refractivity contribution in [1.82, 2.24) is 15.5 Å². The molecule has 0 bridgehead atoms. The van der Waals surface area contributed by atoms with Gasteiger partial charge in [0, 0.05) is 17.5 Å². The van der Waals surface area contributed by atoms with E-state index >= 15 is 0 Å². The van der Waals surface area contributed by atoms with Gasteiger partial charge in [0.15, 0.2) is 11.5 Å². The molecule has 156 valence electrons. The Kier molecular flexibility index (Phi) is 6.08. The Labute approximate surface area is 180 Å². The summed E-state index contributed by atoms with van der Waals surface area (Å²) >= 11 is 0. The number of aromatic nitrogens is 2. The van der Waals surface area contributed by atoms with Gasteiger partial charge in [0.25, 0.3) is 5.91 Å². The molecule has 0 aliphatic heterocycles. The van der Waals surface area contributed by atoms with Gasteiger partial charge in [0.2, 0.25) is 0 Å². The topological polar surface area (TPSA) is 73.3 Å². The normalized spacial score (nSPS) is 10.6. The Balaban J connectivity index is 1.59. The summed E-state index contributed by atoms with van der Waals surface area (Å²) in [5.41, 5.74) is 3.68. The molecule has 0 aliphatic rings. The van der Waals surface area contributed by atoms with Gasteiger partial charge in [-0.25, -0.2) is 0 Å². The zero-order valence-electron chi connectivity index (χ0n) is 17.5. The van der Waals surface area contributed by atoms with Crippen LogP contribution in [0.3, 0.4) is 0 Å². The number of hydrogen-bond acceptors (Lipinski definition) is 5. The van der Waals surface area contributed by atoms with Gasteiger partial charge in [0.05, 0.1) is 25.3 Å². The predicted molar refractivity (Wildman–Crippen MR) is 121 cm³/mol. The van der Waals surface area contributed by atoms with Crippen LogP contribution in [0.2, 0.25) is 0 Å². The van der Waals surface area contributed by atoms with Crippen LogP contribution >= 0.6 is 0 Å². The van der Waals surface area contributed by atoms with Gasteiger partial charge >= 0.3 is 0 Å². The third-order valence-electron chi connectivity index (χ3n) is 5.09. The van der Waals surface area contributed by atoms with Crippen LogP contribution in [0, 0.1) is 0 Å². The Morgan fingerprint density at radius 1 is 0.871 bits per heavy atom. The molecule has 0 radical (unpaired) electrons. The molecule has 0 fully saturated rings. The Morgan fingerprint density at radius 3 is 2.39 bits per heavy atom. The fourth-order valence-corrected chi connectivity index (χ4v) is 3.53. The molecular formula is C25H23N3O3. The van der Waals surface area contributed by atoms with Gasteiger partial charge in [-0.15, -0.1) is 10.2 Å². The monoisotopic (exact) mass is 413 g/mol. The first-order valence-corrected chi connectivity index (χ1v) is 10.0. The highest BCUT2D eigenvalue weighted by atomic mass is 16.5. The standard InChI is InChI=1S/C25H23N3O3/c1-30-21-13-12-17(16-22(21)31-2)14-15-26-25(29)23-19-10-6-7-11-20(19)27-28-24(23)18-8-4-3-5-9-18/h3-13,16H,14-15H2,1-2H3,(H,26,29). The van der Waals surface area contributed by atoms with E-state index in [1.165, 1.54) is 0 Å². The molecule has 0 saturated carbocycles. The molecule has 1 amide bonds. The SMILES string of the molecule is COc1ccc(CCNC(=O)c2c(-c3ccccc3)nnc3ccccc23)cc1OC. The molecule has 0 unspecified atom stereocenters. The maximum Gasteiger partial charge on any atom is 0.254 e. The zero-order valence-corrected chi connectivity index (χ0v) is 17.5. The number of nitrogens with one attached hydrogen (secondary N) is 1. The molecule has 4 aromatic rings. The van der Waals surface area contributed by atoms with Crippen LogP contribution in [0.5, 0.6) is 11.5 Å². The van der Waals surface area contributed by atoms with Crippen molar-refractivity contribution in [2.45, 2.75) is 6.42 Å². The van der Waals surface area contributed by atoms with Crippen molar-refractivity contribution in [3.8, 4) is 22.8 Å². The lowest BCUT2D eigenvalue weighted by Gasteiger charge is -2.13. The van der Waals surface area contributed by atoms with E-state index in [2.05, 4.69) is 15.5 Å². The first-order valence-electron chi connectivity index (χ1n) is 10.0. The van der Waals surface area contributed by atoms with Crippen LogP contribution in [0.4, 0.5) is 0 Å². The molecule has 4 rings (SSSR count). The first kappa shape index (κ1) is 20.3. The second kappa shape index (κ2) is 9.26. The predicted octanol–water partition coefficient (Wildman–Crippen LogP) is 4.29. The van der Waals surface area contributed by atoms with Crippen LogP contribution in [0.15, 0.2) is 72.8 Å². The van der Waals surface area contributed by atoms with E-state index in [9.17, 15) is 4.79 Å². The number of carbonyl (C=O) groups excluding carboxylic acids is 1. The highest BCUT2D eigenvalue weighted by Gasteiger charge is 2.19. The molecular weight excluding hydrogens is 390 g/mol. The number of fused-ring (bicyclic) bond motifs is 1. The molecule has 31 heavy (non-hydrogen) atoms. The molecule has 6 nitrogen and oxygen atoms in total. The van der Waals surface area contributed by atoms with Crippen LogP contribution in [-0.4, -0.2) is 36.9 Å². The summed E-state index contributed by atoms with van der Waals surface area (Å²) in [6, 6.07) is 22.9. The molecule has 0 atom stereocenters. The van der Waals surface area contributed by atoms with E-state index in [1.807, 2.05) is 72.8 Å². The minimum atomic E-state index is -0.176. The molecule has 1 N–H and O–H groups in total. The van der Waals surface area contributed by atoms with Crippen LogP contribution in [0.25, 0.3) is 22.2 Å². The third kappa shape index (κ3) is 4.33. The minimum Gasteiger partial charge on any atom is -0.493 e. The van der Waals surface area contributed by atoms with Crippen LogP contribution in [-0.2, 0) is 6.42 Å². The van der Waals surface area contributed by atoms with Gasteiger partial charge < -0.3 is 14.8 Å². The van der Waals surface area contributed by atoms with Crippen molar-refractivity contribution in [3.63, 3.8) is 0 Å². The fourth-order valence-electron chi connectivity index (χ4n) is 3.53. The highest BCUT2D eigenvalue weighted by molar-refractivity contribution is 6.10. The zero-order chi connectivity index (χ0) is 21.6. The minimum absolute atomic E-state index is 0.176. The summed E-state index contributed by atoms with van der Waals surface area (Å²) < 4.78 is 10.6. The lowest BCUT2D eigenvalue weighted by atomic mass is 10.0. The van der Waals surface area contributed by atoms with Gasteiger partial charge in [-0.1, -0.05) is 54.6 Å². The van der Waals surface area contributed by atoms with Gasteiger partial charge in [-0.05, 0) is 30.2 Å². The average Bonchev–Trinajstić information content (AvgIpc) is 2.83. The Morgan fingerprint density at radius 2 is 1.61 bits per heavy atom. The largest absolute Gasteiger partial charge is 0.493 e. The summed E-state index contributed by atoms with van der Waals surface area (Å²) in [4.78, 5) is 13.2. The van der Waals surface area contributed by atoms with Gasteiger partial charge in [-0.2, -0.15) is 0 Å². The maximum absolute atomic E-state index is 13.2. The van der Waals surface area contributed by atoms with E-state index < -0.39 is 0 Å². The van der Waals surface area contributed by atoms with Crippen molar-refractivity contribution in [2.24, 2.45) is 0 Å². The van der Waals surface area contributed by atoms with Crippen molar-refractivity contribution in [2.75, 3.05) is 20.8 Å². The summed E-state index contributed by atoms with van der Waals surface area (Å²) in [5.74, 6) is 1.17. The fraction of sp³-hybridized carbons (Fsp3) is 0.160. The number of nitrogens with zero attached hydrogens (tertiary/aromatic N) is 2. The number of methoxy groups -OCH3 is 2. The molecule has 0 spiro atoms. The van der Waals surface area contributed by atoms with Crippen molar-refractivity contribution < 1.29 is 14.3 Å². The number of benzene rings is 3. The summed E-state index contributed by atoms with van der Waals surface area (Å²) in [6.45, 7) is 0.471. The van der Waals surface area contributed by atoms with Crippen LogP contribution < -0.4 is 14.8 Å². The lowest BCUT2D eigenvalue weighted by molar-refractivity contribution is 0.0956. The first-order chi connectivity index (χ1) is 15.2. The quantitative estimate of drug-likeness (QED) is 0.489. The number of amides is 1. The lowest BCUT2D eigenvalue weighted by Crippen LogP contribution is -2.27. The van der Waals surface area contributed by atoms with Gasteiger partial charge in [-0.3, -0.25) is 4.79 Å². The van der Waals surface area contributed by atoms with E-state index in [4.69, 9.17) is 9.47 Å². The maximum atomic E-state index is 13.2.